The maximum Gasteiger partial charge on any atom is 0.251 e. The summed E-state index contributed by atoms with van der Waals surface area (Å²) < 4.78 is 11.0. The number of para-hydroxylation sites is 1. The molecule has 3 aromatic rings. The summed E-state index contributed by atoms with van der Waals surface area (Å²) in [6.07, 6.45) is 0. The second-order valence-electron chi connectivity index (χ2n) is 6.29. The van der Waals surface area contributed by atoms with Gasteiger partial charge in [-0.3, -0.25) is 4.79 Å². The normalized spacial score (nSPS) is 10.3. The molecule has 0 aliphatic rings. The number of rotatable bonds is 7. The first kappa shape index (κ1) is 18.5. The monoisotopic (exact) mass is 361 g/mol. The number of carbonyl (C=O) groups excluding carboxylic acids is 1. The fourth-order valence-corrected chi connectivity index (χ4v) is 2.69. The molecule has 0 heterocycles. The van der Waals surface area contributed by atoms with E-state index >= 15 is 0 Å². The summed E-state index contributed by atoms with van der Waals surface area (Å²) >= 11 is 0. The van der Waals surface area contributed by atoms with E-state index < -0.39 is 0 Å². The van der Waals surface area contributed by atoms with Crippen LogP contribution in [0.15, 0.2) is 72.8 Å². The first-order valence-electron chi connectivity index (χ1n) is 8.84. The Hall–Kier alpha value is -3.27. The summed E-state index contributed by atoms with van der Waals surface area (Å²) in [5, 5.41) is 2.94. The van der Waals surface area contributed by atoms with E-state index in [0.717, 1.165) is 28.2 Å². The van der Waals surface area contributed by atoms with Crippen molar-refractivity contribution in [3.8, 4) is 11.5 Å². The summed E-state index contributed by atoms with van der Waals surface area (Å²) in [4.78, 5) is 12.4. The Kier molecular flexibility index (Phi) is 6.10. The van der Waals surface area contributed by atoms with Crippen LogP contribution in [0.4, 0.5) is 0 Å². The molecular formula is C23H23NO3. The summed E-state index contributed by atoms with van der Waals surface area (Å²) in [5.41, 5.74) is 3.70. The van der Waals surface area contributed by atoms with E-state index in [-0.39, 0.29) is 5.91 Å². The van der Waals surface area contributed by atoms with Crippen molar-refractivity contribution in [1.82, 2.24) is 5.32 Å². The second-order valence-corrected chi connectivity index (χ2v) is 6.29. The predicted octanol–water partition coefficient (Wildman–Crippen LogP) is 4.51. The minimum absolute atomic E-state index is 0.106. The highest BCUT2D eigenvalue weighted by Gasteiger charge is 2.07. The molecule has 0 aromatic heterocycles. The Morgan fingerprint density at radius 2 is 1.63 bits per heavy atom. The SMILES string of the molecule is COc1cc(CNC(=O)c2ccc(COc3ccccc3)cc2)ccc1C. The van der Waals surface area contributed by atoms with Crippen molar-refractivity contribution in [3.63, 3.8) is 0 Å². The van der Waals surface area contributed by atoms with Crippen LogP contribution in [0.25, 0.3) is 0 Å². The Morgan fingerprint density at radius 3 is 2.33 bits per heavy atom. The van der Waals surface area contributed by atoms with Gasteiger partial charge in [0.15, 0.2) is 0 Å². The van der Waals surface area contributed by atoms with Gasteiger partial charge in [-0.25, -0.2) is 0 Å². The fourth-order valence-electron chi connectivity index (χ4n) is 2.69. The molecule has 4 heteroatoms. The Balaban J connectivity index is 1.54. The molecule has 0 radical (unpaired) electrons. The molecule has 4 nitrogen and oxygen atoms in total. The lowest BCUT2D eigenvalue weighted by atomic mass is 10.1. The topological polar surface area (TPSA) is 47.6 Å². The maximum absolute atomic E-state index is 12.4. The van der Waals surface area contributed by atoms with E-state index in [0.29, 0.717) is 18.7 Å². The number of aryl methyl sites for hydroxylation is 1. The van der Waals surface area contributed by atoms with E-state index in [9.17, 15) is 4.79 Å². The number of carbonyl (C=O) groups is 1. The second kappa shape index (κ2) is 8.90. The van der Waals surface area contributed by atoms with Gasteiger partial charge in [-0.15, -0.1) is 0 Å². The van der Waals surface area contributed by atoms with Crippen molar-refractivity contribution in [3.05, 3.63) is 95.1 Å². The van der Waals surface area contributed by atoms with Crippen molar-refractivity contribution >= 4 is 5.91 Å². The van der Waals surface area contributed by atoms with Gasteiger partial charge in [0.1, 0.15) is 18.1 Å². The van der Waals surface area contributed by atoms with Crippen LogP contribution < -0.4 is 14.8 Å². The molecule has 0 aliphatic heterocycles. The Morgan fingerprint density at radius 1 is 0.926 bits per heavy atom. The number of hydrogen-bond acceptors (Lipinski definition) is 3. The molecule has 3 rings (SSSR count). The third-order valence-corrected chi connectivity index (χ3v) is 4.29. The molecule has 1 N–H and O–H groups in total. The van der Waals surface area contributed by atoms with Gasteiger partial charge in [0.05, 0.1) is 7.11 Å². The van der Waals surface area contributed by atoms with Gasteiger partial charge in [-0.05, 0) is 53.9 Å². The molecule has 0 unspecified atom stereocenters. The summed E-state index contributed by atoms with van der Waals surface area (Å²) in [7, 11) is 1.65. The van der Waals surface area contributed by atoms with E-state index in [1.165, 1.54) is 0 Å². The lowest BCUT2D eigenvalue weighted by molar-refractivity contribution is 0.0951. The number of ether oxygens (including phenoxy) is 2. The zero-order valence-corrected chi connectivity index (χ0v) is 15.6. The van der Waals surface area contributed by atoms with Gasteiger partial charge in [-0.2, -0.15) is 0 Å². The van der Waals surface area contributed by atoms with Gasteiger partial charge < -0.3 is 14.8 Å². The minimum atomic E-state index is -0.106. The summed E-state index contributed by atoms with van der Waals surface area (Å²) in [5.74, 6) is 1.54. The molecule has 138 valence electrons. The summed E-state index contributed by atoms with van der Waals surface area (Å²) in [6, 6.07) is 23.0. The van der Waals surface area contributed by atoms with Crippen molar-refractivity contribution in [2.75, 3.05) is 7.11 Å². The van der Waals surface area contributed by atoms with Crippen LogP contribution >= 0.6 is 0 Å². The van der Waals surface area contributed by atoms with Gasteiger partial charge >= 0.3 is 0 Å². The third kappa shape index (κ3) is 5.11. The molecular weight excluding hydrogens is 338 g/mol. The van der Waals surface area contributed by atoms with Crippen molar-refractivity contribution in [2.24, 2.45) is 0 Å². The van der Waals surface area contributed by atoms with Gasteiger partial charge in [0, 0.05) is 12.1 Å². The zero-order valence-electron chi connectivity index (χ0n) is 15.6. The Bertz CT molecular complexity index is 889. The average molecular weight is 361 g/mol. The smallest absolute Gasteiger partial charge is 0.251 e. The van der Waals surface area contributed by atoms with Gasteiger partial charge in [0.25, 0.3) is 5.91 Å². The highest BCUT2D eigenvalue weighted by molar-refractivity contribution is 5.94. The molecule has 27 heavy (non-hydrogen) atoms. The molecule has 0 saturated carbocycles. The number of nitrogens with one attached hydrogen (secondary N) is 1. The molecule has 0 bridgehead atoms. The van der Waals surface area contributed by atoms with Crippen molar-refractivity contribution in [2.45, 2.75) is 20.1 Å². The van der Waals surface area contributed by atoms with Crippen LogP contribution in [0.1, 0.15) is 27.0 Å². The van der Waals surface area contributed by atoms with Crippen LogP contribution in [0.5, 0.6) is 11.5 Å². The molecule has 0 saturated heterocycles. The van der Waals surface area contributed by atoms with Crippen LogP contribution in [-0.4, -0.2) is 13.0 Å². The van der Waals surface area contributed by atoms with Crippen LogP contribution in [0, 0.1) is 6.92 Å². The third-order valence-electron chi connectivity index (χ3n) is 4.29. The standard InChI is InChI=1S/C23H23NO3/c1-17-8-9-19(14-22(17)26-2)15-24-23(25)20-12-10-18(11-13-20)16-27-21-6-4-3-5-7-21/h3-14H,15-16H2,1-2H3,(H,24,25). The highest BCUT2D eigenvalue weighted by Crippen LogP contribution is 2.19. The van der Waals surface area contributed by atoms with Crippen molar-refractivity contribution in [1.29, 1.82) is 0 Å². The molecule has 0 fully saturated rings. The Labute approximate surface area is 159 Å². The van der Waals surface area contributed by atoms with Gasteiger partial charge in [0.2, 0.25) is 0 Å². The van der Waals surface area contributed by atoms with Gasteiger partial charge in [-0.1, -0.05) is 42.5 Å². The summed E-state index contributed by atoms with van der Waals surface area (Å²) in [6.45, 7) is 2.91. The van der Waals surface area contributed by atoms with E-state index in [4.69, 9.17) is 9.47 Å². The van der Waals surface area contributed by atoms with Crippen LogP contribution in [-0.2, 0) is 13.2 Å². The number of hydrogen-bond donors (Lipinski definition) is 1. The quantitative estimate of drug-likeness (QED) is 0.673. The zero-order chi connectivity index (χ0) is 19.1. The number of amides is 1. The lowest BCUT2D eigenvalue weighted by Gasteiger charge is -2.10. The van der Waals surface area contributed by atoms with Crippen molar-refractivity contribution < 1.29 is 14.3 Å². The van der Waals surface area contributed by atoms with E-state index in [1.807, 2.05) is 79.7 Å². The van der Waals surface area contributed by atoms with Crippen LogP contribution in [0.3, 0.4) is 0 Å². The number of benzene rings is 3. The fraction of sp³-hybridized carbons (Fsp3) is 0.174. The van der Waals surface area contributed by atoms with E-state index in [2.05, 4.69) is 5.32 Å². The largest absolute Gasteiger partial charge is 0.496 e. The van der Waals surface area contributed by atoms with E-state index in [1.54, 1.807) is 7.11 Å². The molecule has 1 amide bonds. The molecule has 0 spiro atoms. The number of methoxy groups -OCH3 is 1. The predicted molar refractivity (Wildman–Crippen MR) is 106 cm³/mol. The first-order valence-corrected chi connectivity index (χ1v) is 8.84. The lowest BCUT2D eigenvalue weighted by Crippen LogP contribution is -2.22. The highest BCUT2D eigenvalue weighted by atomic mass is 16.5. The molecule has 3 aromatic carbocycles. The molecule has 0 atom stereocenters. The average Bonchev–Trinajstić information content (AvgIpc) is 2.72. The van der Waals surface area contributed by atoms with Crippen LogP contribution in [0.2, 0.25) is 0 Å². The minimum Gasteiger partial charge on any atom is -0.496 e. The maximum atomic E-state index is 12.4. The molecule has 0 aliphatic carbocycles. The first-order chi connectivity index (χ1) is 13.2.